The third kappa shape index (κ3) is 5.49. The van der Waals surface area contributed by atoms with E-state index in [0.29, 0.717) is 5.92 Å². The van der Waals surface area contributed by atoms with E-state index in [1.165, 1.54) is 37.7 Å². The topological polar surface area (TPSA) is 34.1 Å². The number of aromatic nitrogens is 1. The zero-order valence-electron chi connectivity index (χ0n) is 12.9. The van der Waals surface area contributed by atoms with Crippen LogP contribution in [0.25, 0.3) is 0 Å². The van der Waals surface area contributed by atoms with Gasteiger partial charge in [-0.15, -0.1) is 0 Å². The van der Waals surface area contributed by atoms with Crippen molar-refractivity contribution in [2.45, 2.75) is 52.5 Å². The molecule has 3 heteroatoms. The molecule has 1 aliphatic carbocycles. The Bertz CT molecular complexity index is 369. The lowest BCUT2D eigenvalue weighted by Crippen LogP contribution is -2.19. The van der Waals surface area contributed by atoms with Gasteiger partial charge in [0.15, 0.2) is 0 Å². The summed E-state index contributed by atoms with van der Waals surface area (Å²) in [5.41, 5.74) is 1.22. The highest BCUT2D eigenvalue weighted by Gasteiger charge is 2.14. The van der Waals surface area contributed by atoms with Gasteiger partial charge in [0.1, 0.15) is 0 Å². The molecule has 1 aromatic rings. The van der Waals surface area contributed by atoms with E-state index in [0.717, 1.165) is 31.5 Å². The van der Waals surface area contributed by atoms with Crippen LogP contribution in [0.1, 0.15) is 51.5 Å². The normalized spacial score (nSPS) is 16.6. The van der Waals surface area contributed by atoms with Gasteiger partial charge in [0.05, 0.1) is 6.61 Å². The van der Waals surface area contributed by atoms with E-state index in [4.69, 9.17) is 4.74 Å². The van der Waals surface area contributed by atoms with Gasteiger partial charge in [-0.05, 0) is 36.8 Å². The summed E-state index contributed by atoms with van der Waals surface area (Å²) >= 11 is 0. The third-order valence-electron chi connectivity index (χ3n) is 3.87. The fourth-order valence-corrected chi connectivity index (χ4v) is 2.66. The number of hydrogen-bond acceptors (Lipinski definition) is 3. The lowest BCUT2D eigenvalue weighted by atomic mass is 9.90. The maximum atomic E-state index is 5.81. The fraction of sp³-hybridized carbons (Fsp3) is 0.706. The minimum Gasteiger partial charge on any atom is -0.477 e. The summed E-state index contributed by atoms with van der Waals surface area (Å²) in [6.45, 7) is 7.19. The predicted octanol–water partition coefficient (Wildman–Crippen LogP) is 3.79. The quantitative estimate of drug-likeness (QED) is 0.823. The largest absolute Gasteiger partial charge is 0.477 e. The van der Waals surface area contributed by atoms with Gasteiger partial charge in [0.2, 0.25) is 5.88 Å². The first-order valence-electron chi connectivity index (χ1n) is 8.02. The molecule has 0 unspecified atom stereocenters. The Labute approximate surface area is 123 Å². The SMILES string of the molecule is CC(C)CNCc1ccc(OCC2CCCCC2)nc1. The molecular formula is C17H28N2O. The van der Waals surface area contributed by atoms with Gasteiger partial charge in [-0.1, -0.05) is 39.2 Å². The van der Waals surface area contributed by atoms with Gasteiger partial charge in [0.25, 0.3) is 0 Å². The molecule has 0 aliphatic heterocycles. The Morgan fingerprint density at radius 3 is 2.70 bits per heavy atom. The van der Waals surface area contributed by atoms with E-state index in [-0.39, 0.29) is 0 Å². The summed E-state index contributed by atoms with van der Waals surface area (Å²) in [4.78, 5) is 4.40. The van der Waals surface area contributed by atoms with E-state index >= 15 is 0 Å². The van der Waals surface area contributed by atoms with Crippen molar-refractivity contribution in [3.05, 3.63) is 23.9 Å². The van der Waals surface area contributed by atoms with Gasteiger partial charge in [0, 0.05) is 18.8 Å². The Morgan fingerprint density at radius 2 is 2.05 bits per heavy atom. The standard InChI is InChI=1S/C17H28N2O/c1-14(2)10-18-11-16-8-9-17(19-12-16)20-13-15-6-4-3-5-7-15/h8-9,12,14-15,18H,3-7,10-11,13H2,1-2H3. The lowest BCUT2D eigenvalue weighted by molar-refractivity contribution is 0.203. The van der Waals surface area contributed by atoms with Gasteiger partial charge in [-0.25, -0.2) is 4.98 Å². The molecule has 1 fully saturated rings. The zero-order valence-corrected chi connectivity index (χ0v) is 12.9. The summed E-state index contributed by atoms with van der Waals surface area (Å²) in [5.74, 6) is 2.18. The Balaban J connectivity index is 1.70. The monoisotopic (exact) mass is 276 g/mol. The van der Waals surface area contributed by atoms with E-state index in [9.17, 15) is 0 Å². The summed E-state index contributed by atoms with van der Waals surface area (Å²) < 4.78 is 5.81. The Hall–Kier alpha value is -1.09. The summed E-state index contributed by atoms with van der Waals surface area (Å²) in [6.07, 6.45) is 8.68. The molecule has 20 heavy (non-hydrogen) atoms. The number of ether oxygens (including phenoxy) is 1. The minimum absolute atomic E-state index is 0.682. The molecule has 1 heterocycles. The van der Waals surface area contributed by atoms with Crippen LogP contribution < -0.4 is 10.1 Å². The third-order valence-corrected chi connectivity index (χ3v) is 3.87. The van der Waals surface area contributed by atoms with Crippen LogP contribution in [-0.4, -0.2) is 18.1 Å². The molecule has 0 spiro atoms. The maximum Gasteiger partial charge on any atom is 0.213 e. The molecule has 0 saturated heterocycles. The Kier molecular flexibility index (Phi) is 6.31. The molecule has 1 N–H and O–H groups in total. The van der Waals surface area contributed by atoms with Crippen LogP contribution in [0.2, 0.25) is 0 Å². The second-order valence-electron chi connectivity index (χ2n) is 6.34. The van der Waals surface area contributed by atoms with Crippen molar-refractivity contribution >= 4 is 0 Å². The molecule has 2 rings (SSSR count). The first-order valence-corrected chi connectivity index (χ1v) is 8.02. The molecule has 0 aromatic carbocycles. The van der Waals surface area contributed by atoms with Gasteiger partial charge < -0.3 is 10.1 Å². The summed E-state index contributed by atoms with van der Waals surface area (Å²) in [6, 6.07) is 4.10. The number of nitrogens with zero attached hydrogens (tertiary/aromatic N) is 1. The number of nitrogens with one attached hydrogen (secondary N) is 1. The highest BCUT2D eigenvalue weighted by Crippen LogP contribution is 2.24. The van der Waals surface area contributed by atoms with Crippen molar-refractivity contribution in [3.8, 4) is 5.88 Å². The molecule has 3 nitrogen and oxygen atoms in total. The van der Waals surface area contributed by atoms with E-state index in [1.54, 1.807) is 0 Å². The number of rotatable bonds is 7. The number of pyridine rings is 1. The molecule has 0 bridgehead atoms. The van der Waals surface area contributed by atoms with Crippen molar-refractivity contribution in [2.24, 2.45) is 11.8 Å². The second kappa shape index (κ2) is 8.25. The van der Waals surface area contributed by atoms with Crippen LogP contribution in [-0.2, 0) is 6.54 Å². The highest BCUT2D eigenvalue weighted by atomic mass is 16.5. The smallest absolute Gasteiger partial charge is 0.213 e. The molecule has 0 atom stereocenters. The van der Waals surface area contributed by atoms with Crippen LogP contribution in [0.3, 0.4) is 0 Å². The van der Waals surface area contributed by atoms with Crippen LogP contribution in [0, 0.1) is 11.8 Å². The molecule has 1 saturated carbocycles. The van der Waals surface area contributed by atoms with Crippen molar-refractivity contribution < 1.29 is 4.74 Å². The molecule has 0 amide bonds. The fourth-order valence-electron chi connectivity index (χ4n) is 2.66. The van der Waals surface area contributed by atoms with Crippen molar-refractivity contribution in [3.63, 3.8) is 0 Å². The second-order valence-corrected chi connectivity index (χ2v) is 6.34. The summed E-state index contributed by atoms with van der Waals surface area (Å²) in [5, 5.41) is 3.42. The predicted molar refractivity (Wildman–Crippen MR) is 82.9 cm³/mol. The molecule has 1 aliphatic rings. The summed E-state index contributed by atoms with van der Waals surface area (Å²) in [7, 11) is 0. The highest BCUT2D eigenvalue weighted by molar-refractivity contribution is 5.17. The average Bonchev–Trinajstić information content (AvgIpc) is 2.47. The first-order chi connectivity index (χ1) is 9.74. The van der Waals surface area contributed by atoms with Crippen molar-refractivity contribution in [1.82, 2.24) is 10.3 Å². The van der Waals surface area contributed by atoms with Gasteiger partial charge >= 0.3 is 0 Å². The lowest BCUT2D eigenvalue weighted by Gasteiger charge is -2.21. The van der Waals surface area contributed by atoms with Crippen LogP contribution in [0.4, 0.5) is 0 Å². The van der Waals surface area contributed by atoms with E-state index in [2.05, 4.69) is 30.2 Å². The molecule has 0 radical (unpaired) electrons. The van der Waals surface area contributed by atoms with Crippen molar-refractivity contribution in [1.29, 1.82) is 0 Å². The maximum absolute atomic E-state index is 5.81. The molecule has 112 valence electrons. The van der Waals surface area contributed by atoms with Gasteiger partial charge in [-0.3, -0.25) is 0 Å². The van der Waals surface area contributed by atoms with E-state index in [1.807, 2.05) is 12.3 Å². The van der Waals surface area contributed by atoms with Crippen LogP contribution >= 0.6 is 0 Å². The molecule has 1 aromatic heterocycles. The molecular weight excluding hydrogens is 248 g/mol. The van der Waals surface area contributed by atoms with E-state index < -0.39 is 0 Å². The first kappa shape index (κ1) is 15.3. The van der Waals surface area contributed by atoms with Gasteiger partial charge in [-0.2, -0.15) is 0 Å². The number of hydrogen-bond donors (Lipinski definition) is 1. The van der Waals surface area contributed by atoms with Crippen LogP contribution in [0.5, 0.6) is 5.88 Å². The zero-order chi connectivity index (χ0) is 14.2. The van der Waals surface area contributed by atoms with Crippen molar-refractivity contribution in [2.75, 3.05) is 13.2 Å². The average molecular weight is 276 g/mol. The minimum atomic E-state index is 0.682. The Morgan fingerprint density at radius 1 is 1.25 bits per heavy atom. The van der Waals surface area contributed by atoms with Crippen LogP contribution in [0.15, 0.2) is 18.3 Å².